The van der Waals surface area contributed by atoms with Crippen LogP contribution in [0.4, 0.5) is 15.3 Å². The first-order chi connectivity index (χ1) is 14.6. The van der Waals surface area contributed by atoms with E-state index in [1.165, 1.54) is 10.5 Å². The van der Waals surface area contributed by atoms with E-state index in [1.54, 1.807) is 0 Å². The van der Waals surface area contributed by atoms with Crippen LogP contribution >= 0.6 is 0 Å². The molecule has 2 saturated heterocycles. The summed E-state index contributed by atoms with van der Waals surface area (Å²) in [7, 11) is 0. The lowest BCUT2D eigenvalue weighted by Gasteiger charge is -2.33. The van der Waals surface area contributed by atoms with Gasteiger partial charge in [-0.05, 0) is 61.6 Å². The minimum absolute atomic E-state index is 0.102. The molecule has 7 heteroatoms. The van der Waals surface area contributed by atoms with Gasteiger partial charge in [-0.3, -0.25) is 9.69 Å². The number of likely N-dealkylation sites (tertiary alicyclic amines) is 1. The molecule has 0 aromatic heterocycles. The van der Waals surface area contributed by atoms with Crippen LogP contribution in [0.5, 0.6) is 0 Å². The van der Waals surface area contributed by atoms with Crippen molar-refractivity contribution in [3.05, 3.63) is 29.8 Å². The first kappa shape index (κ1) is 23.1. The third-order valence-electron chi connectivity index (χ3n) is 6.33. The van der Waals surface area contributed by atoms with Crippen LogP contribution in [0.3, 0.4) is 0 Å². The second-order valence-electron chi connectivity index (χ2n) is 9.91. The highest BCUT2D eigenvalue weighted by atomic mass is 16.2. The van der Waals surface area contributed by atoms with Crippen LogP contribution in [0, 0.1) is 11.8 Å². The Hall–Kier alpha value is -2.57. The summed E-state index contributed by atoms with van der Waals surface area (Å²) in [4.78, 5) is 41.1. The lowest BCUT2D eigenvalue weighted by molar-refractivity contribution is -0.131. The van der Waals surface area contributed by atoms with Gasteiger partial charge in [0, 0.05) is 25.3 Å². The molecule has 1 unspecified atom stereocenters. The second-order valence-corrected chi connectivity index (χ2v) is 9.91. The molecule has 1 atom stereocenters. The number of hydrogen-bond acceptors (Lipinski definition) is 3. The Balaban J connectivity index is 1.50. The Kier molecular flexibility index (Phi) is 6.92. The maximum absolute atomic E-state index is 12.9. The third-order valence-corrected chi connectivity index (χ3v) is 6.33. The van der Waals surface area contributed by atoms with Crippen molar-refractivity contribution < 1.29 is 14.4 Å². The Bertz CT molecular complexity index is 813. The summed E-state index contributed by atoms with van der Waals surface area (Å²) in [5.41, 5.74) is 1.22. The average Bonchev–Trinajstić information content (AvgIpc) is 2.91. The molecular weight excluding hydrogens is 392 g/mol. The predicted octanol–water partition coefficient (Wildman–Crippen LogP) is 4.41. The third kappa shape index (κ3) is 5.38. The predicted molar refractivity (Wildman–Crippen MR) is 122 cm³/mol. The van der Waals surface area contributed by atoms with Gasteiger partial charge in [0.05, 0.1) is 0 Å². The van der Waals surface area contributed by atoms with E-state index >= 15 is 0 Å². The number of piperidine rings is 1. The molecule has 0 saturated carbocycles. The van der Waals surface area contributed by atoms with Crippen molar-refractivity contribution in [2.75, 3.05) is 25.0 Å². The Labute approximate surface area is 185 Å². The zero-order valence-electron chi connectivity index (χ0n) is 19.4. The summed E-state index contributed by atoms with van der Waals surface area (Å²) >= 11 is 0. The van der Waals surface area contributed by atoms with Crippen molar-refractivity contribution in [1.29, 1.82) is 0 Å². The normalized spacial score (nSPS) is 22.4. The first-order valence-corrected chi connectivity index (χ1v) is 11.4. The molecule has 0 radical (unpaired) electrons. The summed E-state index contributed by atoms with van der Waals surface area (Å²) in [6.45, 7) is 11.8. The van der Waals surface area contributed by atoms with E-state index in [0.29, 0.717) is 37.9 Å². The van der Waals surface area contributed by atoms with E-state index in [0.717, 1.165) is 18.5 Å². The van der Waals surface area contributed by atoms with Crippen LogP contribution < -0.4 is 10.6 Å². The number of amides is 5. The summed E-state index contributed by atoms with van der Waals surface area (Å²) < 4.78 is 0. The molecule has 2 heterocycles. The molecule has 2 N–H and O–H groups in total. The van der Waals surface area contributed by atoms with Crippen molar-refractivity contribution in [1.82, 2.24) is 15.1 Å². The molecule has 2 aliphatic rings. The van der Waals surface area contributed by atoms with Crippen LogP contribution in [-0.2, 0) is 4.79 Å². The zero-order chi connectivity index (χ0) is 22.8. The number of carbonyl (C=O) groups is 3. The van der Waals surface area contributed by atoms with Crippen LogP contribution in [0.1, 0.15) is 65.4 Å². The maximum Gasteiger partial charge on any atom is 0.325 e. The molecule has 2 aliphatic heterocycles. The standard InChI is InChI=1S/C24H36N4O3/c1-16(2)14-24(5)21(29)28(23(31)26-24)15-18-10-12-27(13-11-18)22(30)25-20-8-6-19(7-9-20)17(3)4/h6-9,16-18H,10-15H2,1-5H3,(H,25,30)(H,26,31). The summed E-state index contributed by atoms with van der Waals surface area (Å²) in [5, 5.41) is 5.85. The van der Waals surface area contributed by atoms with Gasteiger partial charge in [0.1, 0.15) is 5.54 Å². The lowest BCUT2D eigenvalue weighted by atomic mass is 9.90. The number of hydrogen-bond donors (Lipinski definition) is 2. The largest absolute Gasteiger partial charge is 0.325 e. The SMILES string of the molecule is CC(C)CC1(C)NC(=O)N(CC2CCN(C(=O)Nc3ccc(C(C)C)cc3)CC2)C1=O. The number of rotatable bonds is 6. The Morgan fingerprint density at radius 2 is 1.74 bits per heavy atom. The summed E-state index contributed by atoms with van der Waals surface area (Å²) in [6.07, 6.45) is 2.18. The minimum Gasteiger partial charge on any atom is -0.325 e. The fourth-order valence-corrected chi connectivity index (χ4v) is 4.60. The van der Waals surface area contributed by atoms with E-state index in [9.17, 15) is 14.4 Å². The molecule has 2 fully saturated rings. The van der Waals surface area contributed by atoms with Crippen molar-refractivity contribution in [3.8, 4) is 0 Å². The smallest absolute Gasteiger partial charge is 0.325 e. The van der Waals surface area contributed by atoms with Crippen LogP contribution in [-0.4, -0.2) is 52.9 Å². The zero-order valence-corrected chi connectivity index (χ0v) is 19.4. The summed E-state index contributed by atoms with van der Waals surface area (Å²) in [5.74, 6) is 0.857. The molecule has 3 rings (SSSR count). The number of benzene rings is 1. The highest BCUT2D eigenvalue weighted by Gasteiger charge is 2.48. The minimum atomic E-state index is -0.809. The molecule has 0 bridgehead atoms. The van der Waals surface area contributed by atoms with Crippen molar-refractivity contribution >= 4 is 23.7 Å². The molecule has 1 aromatic rings. The van der Waals surface area contributed by atoms with Gasteiger partial charge < -0.3 is 15.5 Å². The van der Waals surface area contributed by atoms with E-state index in [1.807, 2.05) is 49.9 Å². The second kappa shape index (κ2) is 9.28. The van der Waals surface area contributed by atoms with Gasteiger partial charge in [-0.25, -0.2) is 9.59 Å². The van der Waals surface area contributed by atoms with Crippen LogP contribution in [0.25, 0.3) is 0 Å². The number of urea groups is 2. The van der Waals surface area contributed by atoms with E-state index in [4.69, 9.17) is 0 Å². The number of anilines is 1. The maximum atomic E-state index is 12.9. The summed E-state index contributed by atoms with van der Waals surface area (Å²) in [6, 6.07) is 7.56. The highest BCUT2D eigenvalue weighted by molar-refractivity contribution is 6.06. The first-order valence-electron chi connectivity index (χ1n) is 11.4. The van der Waals surface area contributed by atoms with Crippen molar-refractivity contribution in [3.63, 3.8) is 0 Å². The number of nitrogens with zero attached hydrogens (tertiary/aromatic N) is 2. The Morgan fingerprint density at radius 1 is 1.13 bits per heavy atom. The van der Waals surface area contributed by atoms with E-state index in [2.05, 4.69) is 24.5 Å². The molecule has 170 valence electrons. The fraction of sp³-hybridized carbons (Fsp3) is 0.625. The van der Waals surface area contributed by atoms with Gasteiger partial charge >= 0.3 is 12.1 Å². The highest BCUT2D eigenvalue weighted by Crippen LogP contribution is 2.28. The Morgan fingerprint density at radius 3 is 2.29 bits per heavy atom. The van der Waals surface area contributed by atoms with Gasteiger partial charge in [0.2, 0.25) is 0 Å². The van der Waals surface area contributed by atoms with Gasteiger partial charge in [-0.1, -0.05) is 39.8 Å². The molecule has 0 aliphatic carbocycles. The van der Waals surface area contributed by atoms with Gasteiger partial charge in [0.25, 0.3) is 5.91 Å². The molecular formula is C24H36N4O3. The molecule has 1 aromatic carbocycles. The van der Waals surface area contributed by atoms with Crippen LogP contribution in [0.15, 0.2) is 24.3 Å². The average molecular weight is 429 g/mol. The van der Waals surface area contributed by atoms with E-state index in [-0.39, 0.29) is 23.9 Å². The molecule has 0 spiro atoms. The quantitative estimate of drug-likeness (QED) is 0.659. The fourth-order valence-electron chi connectivity index (χ4n) is 4.60. The topological polar surface area (TPSA) is 81.8 Å². The van der Waals surface area contributed by atoms with Gasteiger partial charge in [-0.15, -0.1) is 0 Å². The number of nitrogens with one attached hydrogen (secondary N) is 2. The van der Waals surface area contributed by atoms with Crippen LogP contribution in [0.2, 0.25) is 0 Å². The van der Waals surface area contributed by atoms with E-state index < -0.39 is 5.54 Å². The van der Waals surface area contributed by atoms with Gasteiger partial charge in [0.15, 0.2) is 0 Å². The number of carbonyl (C=O) groups excluding carboxylic acids is 3. The van der Waals surface area contributed by atoms with Crippen molar-refractivity contribution in [2.24, 2.45) is 11.8 Å². The van der Waals surface area contributed by atoms with Gasteiger partial charge in [-0.2, -0.15) is 0 Å². The molecule has 31 heavy (non-hydrogen) atoms. The number of imide groups is 1. The lowest BCUT2D eigenvalue weighted by Crippen LogP contribution is -2.46. The van der Waals surface area contributed by atoms with Crippen molar-refractivity contribution in [2.45, 2.75) is 65.3 Å². The monoisotopic (exact) mass is 428 g/mol. The molecule has 7 nitrogen and oxygen atoms in total. The molecule has 5 amide bonds.